The second kappa shape index (κ2) is 6.57. The first-order valence-corrected chi connectivity index (χ1v) is 7.51. The van der Waals surface area contributed by atoms with Gasteiger partial charge in [-0.25, -0.2) is 9.59 Å². The monoisotopic (exact) mass is 328 g/mol. The molecule has 1 aromatic heterocycles. The standard InChI is InChI=1S/C17H16N2O5/c20-15-13(8-6-12-7-9-14(16(21)22)19(12)15)18-17(23)24-10-11-4-2-1-3-5-11/h1-6,8,14H,7,9-10H2,(H,18,23)(H,21,22)/t14-/m0/s1. The van der Waals surface area contributed by atoms with E-state index in [0.717, 1.165) is 5.56 Å². The van der Waals surface area contributed by atoms with Crippen molar-refractivity contribution in [1.29, 1.82) is 0 Å². The van der Waals surface area contributed by atoms with Crippen LogP contribution in [0.2, 0.25) is 0 Å². The third kappa shape index (κ3) is 3.15. The quantitative estimate of drug-likeness (QED) is 0.896. The number of benzene rings is 1. The number of amides is 1. The van der Waals surface area contributed by atoms with Crippen LogP contribution in [-0.2, 0) is 22.6 Å². The summed E-state index contributed by atoms with van der Waals surface area (Å²) < 4.78 is 6.28. The normalized spacial score (nSPS) is 15.6. The number of carbonyl (C=O) groups is 2. The van der Waals surface area contributed by atoms with Crippen molar-refractivity contribution in [3.63, 3.8) is 0 Å². The molecule has 2 N–H and O–H groups in total. The van der Waals surface area contributed by atoms with Gasteiger partial charge < -0.3 is 9.84 Å². The highest BCUT2D eigenvalue weighted by Gasteiger charge is 2.29. The molecule has 0 saturated heterocycles. The van der Waals surface area contributed by atoms with Gasteiger partial charge in [-0.15, -0.1) is 0 Å². The molecule has 2 aromatic rings. The molecule has 24 heavy (non-hydrogen) atoms. The summed E-state index contributed by atoms with van der Waals surface area (Å²) >= 11 is 0. The third-order valence-electron chi connectivity index (χ3n) is 3.92. The summed E-state index contributed by atoms with van der Waals surface area (Å²) in [5.41, 5.74) is 0.943. The van der Waals surface area contributed by atoms with E-state index in [2.05, 4.69) is 5.32 Å². The van der Waals surface area contributed by atoms with E-state index in [4.69, 9.17) is 4.74 Å². The number of hydrogen-bond donors (Lipinski definition) is 2. The molecule has 0 saturated carbocycles. The second-order valence-electron chi connectivity index (χ2n) is 5.49. The summed E-state index contributed by atoms with van der Waals surface area (Å²) in [5.74, 6) is -1.06. The lowest BCUT2D eigenvalue weighted by Gasteiger charge is -2.12. The van der Waals surface area contributed by atoms with E-state index in [1.54, 1.807) is 6.07 Å². The van der Waals surface area contributed by atoms with Gasteiger partial charge in [-0.1, -0.05) is 30.3 Å². The van der Waals surface area contributed by atoms with Gasteiger partial charge in [-0.05, 0) is 30.5 Å². The van der Waals surface area contributed by atoms with Gasteiger partial charge in [-0.3, -0.25) is 14.7 Å². The summed E-state index contributed by atoms with van der Waals surface area (Å²) in [4.78, 5) is 35.5. The van der Waals surface area contributed by atoms with Crippen LogP contribution >= 0.6 is 0 Å². The number of aromatic nitrogens is 1. The molecule has 0 aliphatic carbocycles. The molecule has 1 amide bonds. The molecule has 1 aromatic carbocycles. The van der Waals surface area contributed by atoms with E-state index < -0.39 is 23.7 Å². The molecule has 0 unspecified atom stereocenters. The molecule has 0 radical (unpaired) electrons. The van der Waals surface area contributed by atoms with Crippen LogP contribution in [0.3, 0.4) is 0 Å². The van der Waals surface area contributed by atoms with Crippen LogP contribution in [0, 0.1) is 0 Å². The summed E-state index contributed by atoms with van der Waals surface area (Å²) in [6.07, 6.45) is 0.124. The molecule has 0 fully saturated rings. The van der Waals surface area contributed by atoms with Crippen molar-refractivity contribution < 1.29 is 19.4 Å². The van der Waals surface area contributed by atoms with Crippen LogP contribution in [0.15, 0.2) is 47.3 Å². The van der Waals surface area contributed by atoms with E-state index in [9.17, 15) is 19.5 Å². The van der Waals surface area contributed by atoms with Gasteiger partial charge in [0.2, 0.25) is 0 Å². The Balaban J connectivity index is 1.72. The number of aliphatic carboxylic acids is 1. The topological polar surface area (TPSA) is 97.6 Å². The molecule has 1 aliphatic rings. The van der Waals surface area contributed by atoms with Gasteiger partial charge in [-0.2, -0.15) is 0 Å². The second-order valence-corrected chi connectivity index (χ2v) is 5.49. The molecule has 1 aliphatic heterocycles. The van der Waals surface area contributed by atoms with Gasteiger partial charge in [0.25, 0.3) is 5.56 Å². The summed E-state index contributed by atoms with van der Waals surface area (Å²) in [7, 11) is 0. The summed E-state index contributed by atoms with van der Waals surface area (Å²) in [6.45, 7) is 0.0801. The maximum atomic E-state index is 12.4. The van der Waals surface area contributed by atoms with E-state index in [1.807, 2.05) is 30.3 Å². The van der Waals surface area contributed by atoms with Crippen LogP contribution < -0.4 is 10.9 Å². The Hall–Kier alpha value is -3.09. The van der Waals surface area contributed by atoms with Crippen LogP contribution in [-0.4, -0.2) is 21.7 Å². The van der Waals surface area contributed by atoms with E-state index in [0.29, 0.717) is 18.5 Å². The Labute approximate surface area is 137 Å². The number of anilines is 1. The fraction of sp³-hybridized carbons (Fsp3) is 0.235. The fourth-order valence-electron chi connectivity index (χ4n) is 2.75. The van der Waals surface area contributed by atoms with Crippen molar-refractivity contribution >= 4 is 17.7 Å². The van der Waals surface area contributed by atoms with Gasteiger partial charge in [0, 0.05) is 5.69 Å². The Morgan fingerprint density at radius 1 is 1.21 bits per heavy atom. The largest absolute Gasteiger partial charge is 0.480 e. The first-order chi connectivity index (χ1) is 11.6. The number of nitrogens with one attached hydrogen (secondary N) is 1. The van der Waals surface area contributed by atoms with Crippen molar-refractivity contribution in [3.05, 3.63) is 64.1 Å². The Bertz CT molecular complexity index is 829. The lowest BCUT2D eigenvalue weighted by molar-refractivity contribution is -0.140. The minimum Gasteiger partial charge on any atom is -0.480 e. The molecular formula is C17H16N2O5. The molecule has 3 rings (SSSR count). The average molecular weight is 328 g/mol. The number of nitrogens with zero attached hydrogens (tertiary/aromatic N) is 1. The highest BCUT2D eigenvalue weighted by molar-refractivity contribution is 5.84. The SMILES string of the molecule is O=C(Nc1ccc2n(c1=O)[C@H](C(=O)O)CC2)OCc1ccccc1. The maximum absolute atomic E-state index is 12.4. The number of pyridine rings is 1. The summed E-state index contributed by atoms with van der Waals surface area (Å²) in [5, 5.41) is 11.6. The highest BCUT2D eigenvalue weighted by Crippen LogP contribution is 2.24. The predicted molar refractivity (Wildman–Crippen MR) is 85.9 cm³/mol. The molecule has 0 spiro atoms. The third-order valence-corrected chi connectivity index (χ3v) is 3.92. The molecule has 1 atom stereocenters. The van der Waals surface area contributed by atoms with Crippen LogP contribution in [0.25, 0.3) is 0 Å². The Morgan fingerprint density at radius 2 is 1.96 bits per heavy atom. The number of carboxylic acids is 1. The molecule has 7 heteroatoms. The first kappa shape index (κ1) is 15.8. The van der Waals surface area contributed by atoms with Gasteiger partial charge in [0.1, 0.15) is 18.3 Å². The van der Waals surface area contributed by atoms with Crippen molar-refractivity contribution in [2.45, 2.75) is 25.5 Å². The average Bonchev–Trinajstić information content (AvgIpc) is 3.02. The number of carbonyl (C=O) groups excluding carboxylic acids is 1. The van der Waals surface area contributed by atoms with Gasteiger partial charge in [0.15, 0.2) is 0 Å². The number of carboxylic acid groups (broad SMARTS) is 1. The number of hydrogen-bond acceptors (Lipinski definition) is 4. The number of aryl methyl sites for hydroxylation is 1. The Kier molecular flexibility index (Phi) is 4.33. The van der Waals surface area contributed by atoms with E-state index in [-0.39, 0.29) is 12.3 Å². The molecule has 124 valence electrons. The first-order valence-electron chi connectivity index (χ1n) is 7.51. The zero-order chi connectivity index (χ0) is 17.1. The fourth-order valence-corrected chi connectivity index (χ4v) is 2.75. The molecule has 2 heterocycles. The zero-order valence-corrected chi connectivity index (χ0v) is 12.8. The lowest BCUT2D eigenvalue weighted by atomic mass is 10.2. The van der Waals surface area contributed by atoms with Crippen molar-refractivity contribution in [1.82, 2.24) is 4.57 Å². The minimum absolute atomic E-state index is 0.00459. The Morgan fingerprint density at radius 3 is 2.67 bits per heavy atom. The molecular weight excluding hydrogens is 312 g/mol. The number of ether oxygens (including phenoxy) is 1. The molecule has 7 nitrogen and oxygen atoms in total. The van der Waals surface area contributed by atoms with Crippen molar-refractivity contribution in [2.75, 3.05) is 5.32 Å². The van der Waals surface area contributed by atoms with E-state index in [1.165, 1.54) is 10.6 Å². The van der Waals surface area contributed by atoms with E-state index >= 15 is 0 Å². The zero-order valence-electron chi connectivity index (χ0n) is 12.8. The number of rotatable bonds is 4. The van der Waals surface area contributed by atoms with Crippen molar-refractivity contribution in [3.8, 4) is 0 Å². The molecule has 0 bridgehead atoms. The smallest absolute Gasteiger partial charge is 0.412 e. The lowest BCUT2D eigenvalue weighted by Crippen LogP contribution is -2.30. The maximum Gasteiger partial charge on any atom is 0.412 e. The van der Waals surface area contributed by atoms with Crippen LogP contribution in [0.4, 0.5) is 10.5 Å². The summed E-state index contributed by atoms with van der Waals surface area (Å²) in [6, 6.07) is 11.4. The van der Waals surface area contributed by atoms with Gasteiger partial charge in [0.05, 0.1) is 0 Å². The van der Waals surface area contributed by atoms with Crippen LogP contribution in [0.1, 0.15) is 23.7 Å². The predicted octanol–water partition coefficient (Wildman–Crippen LogP) is 2.17. The number of fused-ring (bicyclic) bond motifs is 1. The minimum atomic E-state index is -1.06. The van der Waals surface area contributed by atoms with Gasteiger partial charge >= 0.3 is 12.1 Å². The van der Waals surface area contributed by atoms with Crippen LogP contribution in [0.5, 0.6) is 0 Å². The van der Waals surface area contributed by atoms with Crippen molar-refractivity contribution in [2.24, 2.45) is 0 Å². The highest BCUT2D eigenvalue weighted by atomic mass is 16.5.